The van der Waals surface area contributed by atoms with Crippen LogP contribution in [0.25, 0.3) is 0 Å². The second-order valence-electron chi connectivity index (χ2n) is 23.5. The Bertz CT molecular complexity index is 1290. The Labute approximate surface area is 480 Å². The zero-order chi connectivity index (χ0) is 55.7. The number of aliphatic hydroxyl groups excluding tert-OH is 2. The normalized spacial score (nSPS) is 12.8. The molecule has 2 unspecified atom stereocenters. The van der Waals surface area contributed by atoms with Crippen LogP contribution in [0.5, 0.6) is 0 Å². The van der Waals surface area contributed by atoms with Gasteiger partial charge < -0.3 is 20.3 Å². The van der Waals surface area contributed by atoms with Crippen molar-refractivity contribution in [2.45, 2.75) is 379 Å². The molecular weight excluding hydrogens is 947 g/mol. The number of hydrogen-bond acceptors (Lipinski definition) is 5. The maximum atomic E-state index is 12.5. The summed E-state index contributed by atoms with van der Waals surface area (Å²) >= 11 is 0. The van der Waals surface area contributed by atoms with E-state index in [1.165, 1.54) is 276 Å². The molecule has 1 amide bonds. The summed E-state index contributed by atoms with van der Waals surface area (Å²) in [4.78, 5) is 24.6. The molecule has 0 aliphatic heterocycles. The third-order valence-electron chi connectivity index (χ3n) is 15.9. The number of carbonyl (C=O) groups is 2. The van der Waals surface area contributed by atoms with Crippen molar-refractivity contribution in [3.05, 3.63) is 48.6 Å². The lowest BCUT2D eigenvalue weighted by atomic mass is 10.0. The molecule has 0 saturated carbocycles. The summed E-state index contributed by atoms with van der Waals surface area (Å²) in [6.07, 6.45) is 85.7. The van der Waals surface area contributed by atoms with Crippen LogP contribution in [0.2, 0.25) is 0 Å². The first-order valence-corrected chi connectivity index (χ1v) is 34.4. The number of unbranched alkanes of at least 4 members (excludes halogenated alkanes) is 45. The Balaban J connectivity index is 3.41. The monoisotopic (exact) mass is 1080 g/mol. The summed E-state index contributed by atoms with van der Waals surface area (Å²) in [5.74, 6) is -0.0331. The van der Waals surface area contributed by atoms with E-state index in [1.807, 2.05) is 0 Å². The van der Waals surface area contributed by atoms with E-state index >= 15 is 0 Å². The molecule has 0 aliphatic rings. The Morgan fingerprint density at radius 1 is 0.364 bits per heavy atom. The SMILES string of the molecule is CCCCCC/C=C\C/C=C\CCCCCCCCCC(=O)OCCCCCCCCCCC/C=C\C/C=C\CCCCCCCCCCCCCC(=O)NC(CO)C(O)CCCCCCCCCCCCCCCCC. The summed E-state index contributed by atoms with van der Waals surface area (Å²) in [7, 11) is 0. The van der Waals surface area contributed by atoms with E-state index in [-0.39, 0.29) is 18.5 Å². The Morgan fingerprint density at radius 2 is 0.649 bits per heavy atom. The number of allylic oxidation sites excluding steroid dienone is 8. The van der Waals surface area contributed by atoms with Crippen LogP contribution in [0.3, 0.4) is 0 Å². The number of esters is 1. The van der Waals surface area contributed by atoms with Crippen LogP contribution in [0.15, 0.2) is 48.6 Å². The van der Waals surface area contributed by atoms with Crippen molar-refractivity contribution in [2.75, 3.05) is 13.2 Å². The minimum absolute atomic E-state index is 0.00339. The van der Waals surface area contributed by atoms with Gasteiger partial charge in [0.05, 0.1) is 25.4 Å². The third-order valence-corrected chi connectivity index (χ3v) is 15.9. The molecule has 0 aromatic rings. The fourth-order valence-corrected chi connectivity index (χ4v) is 10.6. The maximum Gasteiger partial charge on any atom is 0.305 e. The molecule has 0 bridgehead atoms. The van der Waals surface area contributed by atoms with Crippen LogP contribution in [0.1, 0.15) is 367 Å². The van der Waals surface area contributed by atoms with E-state index in [9.17, 15) is 19.8 Å². The lowest BCUT2D eigenvalue weighted by Crippen LogP contribution is -2.45. The largest absolute Gasteiger partial charge is 0.466 e. The van der Waals surface area contributed by atoms with Crippen molar-refractivity contribution in [2.24, 2.45) is 0 Å². The molecule has 0 aromatic carbocycles. The molecule has 0 heterocycles. The highest BCUT2D eigenvalue weighted by molar-refractivity contribution is 5.76. The number of nitrogens with one attached hydrogen (secondary N) is 1. The summed E-state index contributed by atoms with van der Waals surface area (Å²) in [6, 6.07) is -0.545. The van der Waals surface area contributed by atoms with Gasteiger partial charge in [0.15, 0.2) is 0 Å². The van der Waals surface area contributed by atoms with E-state index in [1.54, 1.807) is 0 Å². The van der Waals surface area contributed by atoms with Gasteiger partial charge in [-0.3, -0.25) is 9.59 Å². The molecule has 452 valence electrons. The number of carbonyl (C=O) groups excluding carboxylic acids is 2. The van der Waals surface area contributed by atoms with Gasteiger partial charge in [-0.25, -0.2) is 0 Å². The van der Waals surface area contributed by atoms with Gasteiger partial charge in [0.25, 0.3) is 0 Å². The van der Waals surface area contributed by atoms with E-state index in [0.717, 1.165) is 57.8 Å². The summed E-state index contributed by atoms with van der Waals surface area (Å²) < 4.78 is 5.49. The summed E-state index contributed by atoms with van der Waals surface area (Å²) in [6.45, 7) is 4.95. The van der Waals surface area contributed by atoms with Crippen molar-refractivity contribution in [3.8, 4) is 0 Å². The van der Waals surface area contributed by atoms with Crippen LogP contribution in [-0.2, 0) is 14.3 Å². The second-order valence-corrected chi connectivity index (χ2v) is 23.5. The van der Waals surface area contributed by atoms with E-state index in [2.05, 4.69) is 67.8 Å². The number of ether oxygens (including phenoxy) is 1. The number of hydrogen-bond donors (Lipinski definition) is 3. The number of rotatable bonds is 64. The van der Waals surface area contributed by atoms with Crippen molar-refractivity contribution < 1.29 is 24.5 Å². The molecule has 0 saturated heterocycles. The topological polar surface area (TPSA) is 95.9 Å². The second kappa shape index (κ2) is 66.3. The Hall–Kier alpha value is -2.18. The van der Waals surface area contributed by atoms with Gasteiger partial charge in [-0.2, -0.15) is 0 Å². The number of aliphatic hydroxyl groups is 2. The lowest BCUT2D eigenvalue weighted by Gasteiger charge is -2.22. The standard InChI is InChI=1S/C71H133NO5/c1-3-5-7-9-11-13-15-17-19-20-33-37-41-45-49-53-57-61-65-71(76)77-66-62-58-54-50-46-42-38-34-31-29-27-25-23-21-22-24-26-28-30-32-36-40-44-48-52-56-60-64-70(75)72-68(67-73)69(74)63-59-55-51-47-43-39-35-18-16-14-12-10-8-6-4-2/h13,15,19-22,25,27,68-69,73-74H,3-12,14,16-18,23-24,26,28-67H2,1-2H3,(H,72,75)/b15-13-,20-19-,22-21-,27-25-. The van der Waals surface area contributed by atoms with Gasteiger partial charge in [-0.15, -0.1) is 0 Å². The molecule has 2 atom stereocenters. The van der Waals surface area contributed by atoms with Crippen molar-refractivity contribution in [1.29, 1.82) is 0 Å². The van der Waals surface area contributed by atoms with Crippen LogP contribution < -0.4 is 5.32 Å². The van der Waals surface area contributed by atoms with Gasteiger partial charge >= 0.3 is 5.97 Å². The van der Waals surface area contributed by atoms with Crippen molar-refractivity contribution in [3.63, 3.8) is 0 Å². The molecule has 0 spiro atoms. The molecule has 6 nitrogen and oxygen atoms in total. The summed E-state index contributed by atoms with van der Waals surface area (Å²) in [5.41, 5.74) is 0. The molecular formula is C71H133NO5. The molecule has 0 aromatic heterocycles. The van der Waals surface area contributed by atoms with Gasteiger partial charge in [-0.1, -0.05) is 313 Å². The Morgan fingerprint density at radius 3 is 1.00 bits per heavy atom. The highest BCUT2D eigenvalue weighted by Gasteiger charge is 2.20. The van der Waals surface area contributed by atoms with Crippen molar-refractivity contribution >= 4 is 11.9 Å². The molecule has 3 N–H and O–H groups in total. The predicted molar refractivity (Wildman–Crippen MR) is 338 cm³/mol. The van der Waals surface area contributed by atoms with Crippen LogP contribution >= 0.6 is 0 Å². The highest BCUT2D eigenvalue weighted by atomic mass is 16.5. The minimum Gasteiger partial charge on any atom is -0.466 e. The lowest BCUT2D eigenvalue weighted by molar-refractivity contribution is -0.143. The van der Waals surface area contributed by atoms with Crippen molar-refractivity contribution in [1.82, 2.24) is 5.32 Å². The minimum atomic E-state index is -0.667. The zero-order valence-electron chi connectivity index (χ0n) is 51.7. The van der Waals surface area contributed by atoms with Crippen LogP contribution in [0, 0.1) is 0 Å². The van der Waals surface area contributed by atoms with Gasteiger partial charge in [0.2, 0.25) is 5.91 Å². The first kappa shape index (κ1) is 74.8. The molecule has 0 rings (SSSR count). The first-order chi connectivity index (χ1) is 38.0. The maximum absolute atomic E-state index is 12.5. The fraction of sp³-hybridized carbons (Fsp3) is 0.859. The molecule has 0 fully saturated rings. The van der Waals surface area contributed by atoms with Gasteiger partial charge in [0.1, 0.15) is 0 Å². The molecule has 77 heavy (non-hydrogen) atoms. The average molecular weight is 1080 g/mol. The molecule has 0 aliphatic carbocycles. The van der Waals surface area contributed by atoms with Crippen LogP contribution in [-0.4, -0.2) is 47.4 Å². The van der Waals surface area contributed by atoms with E-state index < -0.39 is 12.1 Å². The van der Waals surface area contributed by atoms with Gasteiger partial charge in [-0.05, 0) is 89.9 Å². The summed E-state index contributed by atoms with van der Waals surface area (Å²) in [5, 5.41) is 23.3. The van der Waals surface area contributed by atoms with E-state index in [0.29, 0.717) is 25.9 Å². The zero-order valence-corrected chi connectivity index (χ0v) is 51.7. The molecule has 0 radical (unpaired) electrons. The predicted octanol–water partition coefficient (Wildman–Crippen LogP) is 22.1. The Kier molecular flexibility index (Phi) is 64.5. The highest BCUT2D eigenvalue weighted by Crippen LogP contribution is 2.18. The first-order valence-electron chi connectivity index (χ1n) is 34.4. The number of amides is 1. The molecule has 6 heteroatoms. The fourth-order valence-electron chi connectivity index (χ4n) is 10.6. The third kappa shape index (κ3) is 62.9. The van der Waals surface area contributed by atoms with Crippen LogP contribution in [0.4, 0.5) is 0 Å². The van der Waals surface area contributed by atoms with E-state index in [4.69, 9.17) is 4.74 Å². The average Bonchev–Trinajstić information content (AvgIpc) is 3.43. The quantitative estimate of drug-likeness (QED) is 0.0320. The van der Waals surface area contributed by atoms with Gasteiger partial charge in [0, 0.05) is 12.8 Å². The smallest absolute Gasteiger partial charge is 0.305 e.